The first-order valence-electron chi connectivity index (χ1n) is 11.7. The van der Waals surface area contributed by atoms with E-state index in [0.29, 0.717) is 41.5 Å². The van der Waals surface area contributed by atoms with Crippen LogP contribution in [0.3, 0.4) is 0 Å². The fourth-order valence-corrected chi connectivity index (χ4v) is 4.54. The maximum absolute atomic E-state index is 13.1. The van der Waals surface area contributed by atoms with Gasteiger partial charge in [0.2, 0.25) is 0 Å². The van der Waals surface area contributed by atoms with Gasteiger partial charge in [-0.1, -0.05) is 0 Å². The number of nitrogens with zero attached hydrogens (tertiary/aromatic N) is 2. The Kier molecular flexibility index (Phi) is 6.78. The topological polar surface area (TPSA) is 86.5 Å². The summed E-state index contributed by atoms with van der Waals surface area (Å²) in [5.41, 5.74) is 9.85. The molecule has 0 bridgehead atoms. The van der Waals surface area contributed by atoms with E-state index in [1.54, 1.807) is 6.07 Å². The van der Waals surface area contributed by atoms with Crippen molar-refractivity contribution in [3.8, 4) is 22.6 Å². The third-order valence-electron chi connectivity index (χ3n) is 6.47. The highest BCUT2D eigenvalue weighted by Gasteiger charge is 2.29. The van der Waals surface area contributed by atoms with Gasteiger partial charge >= 0.3 is 0 Å². The number of ketones is 1. The summed E-state index contributed by atoms with van der Waals surface area (Å²) >= 11 is 0. The second-order valence-corrected chi connectivity index (χ2v) is 8.58. The minimum atomic E-state index is -0.0170. The molecule has 5 rings (SSSR count). The molecule has 0 radical (unpaired) electrons. The maximum atomic E-state index is 13.1. The maximum Gasteiger partial charge on any atom is 0.194 e. The van der Waals surface area contributed by atoms with Gasteiger partial charge in [0, 0.05) is 50.4 Å². The van der Waals surface area contributed by atoms with Gasteiger partial charge in [-0.05, 0) is 41.5 Å². The van der Waals surface area contributed by atoms with Crippen LogP contribution in [-0.4, -0.2) is 94.5 Å². The van der Waals surface area contributed by atoms with E-state index in [1.165, 1.54) is 0 Å². The van der Waals surface area contributed by atoms with Gasteiger partial charge in [0.25, 0.3) is 0 Å². The molecule has 2 aromatic rings. The number of hydrogen-bond donors (Lipinski definition) is 1. The zero-order valence-electron chi connectivity index (χ0n) is 18.9. The highest BCUT2D eigenvalue weighted by Crippen LogP contribution is 2.42. The van der Waals surface area contributed by atoms with Gasteiger partial charge in [-0.25, -0.2) is 0 Å². The van der Waals surface area contributed by atoms with Crippen molar-refractivity contribution >= 4 is 11.5 Å². The van der Waals surface area contributed by atoms with Crippen molar-refractivity contribution in [1.82, 2.24) is 9.80 Å². The molecule has 0 aromatic heterocycles. The summed E-state index contributed by atoms with van der Waals surface area (Å²) in [5, 5.41) is 0. The van der Waals surface area contributed by atoms with Crippen molar-refractivity contribution in [2.75, 3.05) is 84.6 Å². The van der Waals surface area contributed by atoms with Gasteiger partial charge in [-0.2, -0.15) is 0 Å². The molecule has 0 unspecified atom stereocenters. The van der Waals surface area contributed by atoms with E-state index >= 15 is 0 Å². The van der Waals surface area contributed by atoms with Crippen molar-refractivity contribution < 1.29 is 23.7 Å². The monoisotopic (exact) mass is 453 g/mol. The third kappa shape index (κ3) is 4.99. The van der Waals surface area contributed by atoms with Crippen LogP contribution in [0.25, 0.3) is 11.1 Å². The van der Waals surface area contributed by atoms with Gasteiger partial charge in [0.15, 0.2) is 5.78 Å². The number of nitrogen functional groups attached to an aromatic ring is 1. The molecule has 0 amide bonds. The number of fused-ring (bicyclic) bond motifs is 3. The summed E-state index contributed by atoms with van der Waals surface area (Å²) in [6.07, 6.45) is 0. The van der Waals surface area contributed by atoms with Crippen LogP contribution < -0.4 is 15.2 Å². The van der Waals surface area contributed by atoms with Gasteiger partial charge in [0.05, 0.1) is 32.1 Å². The molecular formula is C25H31N3O5. The second-order valence-electron chi connectivity index (χ2n) is 8.58. The molecule has 176 valence electrons. The molecule has 2 saturated heterocycles. The van der Waals surface area contributed by atoms with Gasteiger partial charge < -0.3 is 24.7 Å². The van der Waals surface area contributed by atoms with E-state index in [9.17, 15) is 4.79 Å². The van der Waals surface area contributed by atoms with Crippen LogP contribution in [0.5, 0.6) is 11.5 Å². The summed E-state index contributed by atoms with van der Waals surface area (Å²) in [6, 6.07) is 9.34. The molecule has 1 aliphatic carbocycles. The van der Waals surface area contributed by atoms with E-state index in [2.05, 4.69) is 9.80 Å². The predicted molar refractivity (Wildman–Crippen MR) is 125 cm³/mol. The number of morpholine rings is 2. The number of anilines is 1. The fraction of sp³-hybridized carbons (Fsp3) is 0.480. The minimum absolute atomic E-state index is 0.0170. The number of ether oxygens (including phenoxy) is 4. The number of carbonyl (C=O) groups excluding carboxylic acids is 1. The molecule has 0 atom stereocenters. The van der Waals surface area contributed by atoms with Crippen LogP contribution >= 0.6 is 0 Å². The largest absolute Gasteiger partial charge is 0.492 e. The van der Waals surface area contributed by atoms with Crippen LogP contribution in [0.2, 0.25) is 0 Å². The van der Waals surface area contributed by atoms with Gasteiger partial charge in [0.1, 0.15) is 24.7 Å². The first-order valence-corrected chi connectivity index (χ1v) is 11.7. The molecule has 2 heterocycles. The number of carbonyl (C=O) groups is 1. The summed E-state index contributed by atoms with van der Waals surface area (Å²) in [6.45, 7) is 9.48. The van der Waals surface area contributed by atoms with Crippen LogP contribution in [0.4, 0.5) is 5.69 Å². The van der Waals surface area contributed by atoms with Gasteiger partial charge in [-0.15, -0.1) is 0 Å². The number of nitrogens with two attached hydrogens (primary N) is 1. The van der Waals surface area contributed by atoms with Gasteiger partial charge in [-0.3, -0.25) is 14.6 Å². The van der Waals surface area contributed by atoms with E-state index in [0.717, 1.165) is 76.8 Å². The van der Waals surface area contributed by atoms with Crippen molar-refractivity contribution in [3.63, 3.8) is 0 Å². The quantitative estimate of drug-likeness (QED) is 0.518. The lowest BCUT2D eigenvalue weighted by atomic mass is 10.0. The molecule has 0 saturated carbocycles. The number of benzene rings is 2. The zero-order valence-corrected chi connectivity index (χ0v) is 18.9. The van der Waals surface area contributed by atoms with Crippen LogP contribution in [0, 0.1) is 0 Å². The summed E-state index contributed by atoms with van der Waals surface area (Å²) in [4.78, 5) is 17.8. The highest BCUT2D eigenvalue weighted by molar-refractivity contribution is 6.22. The number of rotatable bonds is 8. The molecule has 2 aromatic carbocycles. The van der Waals surface area contributed by atoms with E-state index in [-0.39, 0.29) is 5.78 Å². The fourth-order valence-electron chi connectivity index (χ4n) is 4.54. The minimum Gasteiger partial charge on any atom is -0.492 e. The van der Waals surface area contributed by atoms with Crippen LogP contribution in [0.1, 0.15) is 15.9 Å². The Morgan fingerprint density at radius 3 is 2.03 bits per heavy atom. The van der Waals surface area contributed by atoms with Crippen LogP contribution in [-0.2, 0) is 9.47 Å². The second kappa shape index (κ2) is 10.1. The molecule has 2 N–H and O–H groups in total. The average molecular weight is 454 g/mol. The Balaban J connectivity index is 1.22. The molecule has 2 aliphatic heterocycles. The predicted octanol–water partition coefficient (Wildman–Crippen LogP) is 1.90. The van der Waals surface area contributed by atoms with E-state index in [1.807, 2.05) is 24.3 Å². The Morgan fingerprint density at radius 1 is 0.758 bits per heavy atom. The molecule has 2 fully saturated rings. The lowest BCUT2D eigenvalue weighted by Crippen LogP contribution is -2.38. The lowest BCUT2D eigenvalue weighted by molar-refractivity contribution is 0.0322. The zero-order chi connectivity index (χ0) is 22.6. The third-order valence-corrected chi connectivity index (χ3v) is 6.47. The summed E-state index contributed by atoms with van der Waals surface area (Å²) in [7, 11) is 0. The molecule has 3 aliphatic rings. The Morgan fingerprint density at radius 2 is 1.36 bits per heavy atom. The average Bonchev–Trinajstić information content (AvgIpc) is 3.11. The first kappa shape index (κ1) is 22.2. The summed E-state index contributed by atoms with van der Waals surface area (Å²) in [5.74, 6) is 1.25. The Labute approximate surface area is 194 Å². The normalized spacial score (nSPS) is 18.7. The lowest BCUT2D eigenvalue weighted by Gasteiger charge is -2.26. The van der Waals surface area contributed by atoms with Crippen LogP contribution in [0.15, 0.2) is 30.3 Å². The smallest absolute Gasteiger partial charge is 0.194 e. The molecular weight excluding hydrogens is 422 g/mol. The Hall–Kier alpha value is -2.65. The van der Waals surface area contributed by atoms with Crippen molar-refractivity contribution in [3.05, 3.63) is 41.5 Å². The summed E-state index contributed by atoms with van der Waals surface area (Å²) < 4.78 is 22.6. The first-order chi connectivity index (χ1) is 16.2. The standard InChI is InChI=1S/C25H31N3O5/c26-23-16-20-19-2-1-18(32-13-7-27-3-9-30-10-4-27)15-21(19)25(29)22(20)17-24(23)33-14-8-28-5-11-31-12-6-28/h1-2,15-17H,3-14,26H2. The van der Waals surface area contributed by atoms with Crippen molar-refractivity contribution in [2.24, 2.45) is 0 Å². The molecule has 0 spiro atoms. The molecule has 8 heteroatoms. The highest BCUT2D eigenvalue weighted by atomic mass is 16.5. The molecule has 8 nitrogen and oxygen atoms in total. The van der Waals surface area contributed by atoms with E-state index in [4.69, 9.17) is 24.7 Å². The number of hydrogen-bond acceptors (Lipinski definition) is 8. The van der Waals surface area contributed by atoms with E-state index < -0.39 is 0 Å². The molecule has 33 heavy (non-hydrogen) atoms. The van der Waals surface area contributed by atoms with Crippen molar-refractivity contribution in [1.29, 1.82) is 0 Å². The van der Waals surface area contributed by atoms with Crippen molar-refractivity contribution in [2.45, 2.75) is 0 Å². The SMILES string of the molecule is Nc1cc2c(cc1OCCN1CCOCC1)C(=O)c1cc(OCCN3CCOCC3)ccc1-2. The Bertz CT molecular complexity index is 1000.